The van der Waals surface area contributed by atoms with Gasteiger partial charge in [0.1, 0.15) is 0 Å². The number of methoxy groups -OCH3 is 1. The first-order valence-electron chi connectivity index (χ1n) is 13.6. The van der Waals surface area contributed by atoms with Crippen molar-refractivity contribution < 1.29 is 4.74 Å². The zero-order chi connectivity index (χ0) is 20.6. The summed E-state index contributed by atoms with van der Waals surface area (Å²) in [7, 11) is 1.87. The third-order valence-electron chi connectivity index (χ3n) is 9.57. The third kappa shape index (κ3) is 7.55. The van der Waals surface area contributed by atoms with Gasteiger partial charge in [-0.25, -0.2) is 0 Å². The Morgan fingerprint density at radius 2 is 0.621 bits per heavy atom. The van der Waals surface area contributed by atoms with Gasteiger partial charge in [-0.2, -0.15) is 0 Å². The van der Waals surface area contributed by atoms with Crippen molar-refractivity contribution in [3.63, 3.8) is 0 Å². The first-order chi connectivity index (χ1) is 14.0. The largest absolute Gasteiger partial charge is 0.381 e. The molecule has 4 aliphatic rings. The highest BCUT2D eigenvalue weighted by atomic mass is 16.5. The maximum Gasteiger partial charge on any atom is 0.0571 e. The van der Waals surface area contributed by atoms with Crippen LogP contribution in [-0.4, -0.2) is 13.2 Å². The zero-order valence-corrected chi connectivity index (χ0v) is 20.3. The van der Waals surface area contributed by atoms with Gasteiger partial charge in [0.25, 0.3) is 0 Å². The Morgan fingerprint density at radius 1 is 0.379 bits per heavy atom. The van der Waals surface area contributed by atoms with E-state index in [0.717, 1.165) is 41.4 Å². The van der Waals surface area contributed by atoms with Crippen LogP contribution in [-0.2, 0) is 4.74 Å². The zero-order valence-electron chi connectivity index (χ0n) is 20.3. The first kappa shape index (κ1) is 23.6. The van der Waals surface area contributed by atoms with Crippen molar-refractivity contribution in [2.45, 2.75) is 130 Å². The van der Waals surface area contributed by atoms with E-state index in [0.29, 0.717) is 6.10 Å². The van der Waals surface area contributed by atoms with Crippen LogP contribution in [0.5, 0.6) is 0 Å². The molecule has 4 fully saturated rings. The van der Waals surface area contributed by atoms with Gasteiger partial charge in [-0.15, -0.1) is 0 Å². The second-order valence-corrected chi connectivity index (χ2v) is 11.8. The summed E-state index contributed by atoms with van der Waals surface area (Å²) >= 11 is 0. The molecule has 0 saturated heterocycles. The molecule has 0 aliphatic heterocycles. The summed E-state index contributed by atoms with van der Waals surface area (Å²) in [5.74, 6) is 7.35. The molecule has 0 aromatic carbocycles. The van der Waals surface area contributed by atoms with Gasteiger partial charge >= 0.3 is 0 Å². The molecule has 1 nitrogen and oxygen atoms in total. The number of ether oxygens (including phenoxy) is 1. The fourth-order valence-corrected chi connectivity index (χ4v) is 7.07. The standard InChI is InChI=1S/C14H26O.C14H26/c1-11-3-5-12(6-4-11)13-7-9-14(15-2)10-8-13;1-11-3-7-13(8-4-11)14-9-5-12(2)6-10-14/h11-14H,3-10H2,1-2H3;11-14H,3-10H2,1-2H3. The molecule has 0 amide bonds. The van der Waals surface area contributed by atoms with Crippen LogP contribution in [0.1, 0.15) is 124 Å². The van der Waals surface area contributed by atoms with Crippen LogP contribution >= 0.6 is 0 Å². The molecule has 0 aromatic rings. The number of hydrogen-bond acceptors (Lipinski definition) is 1. The molecule has 4 saturated carbocycles. The van der Waals surface area contributed by atoms with E-state index in [2.05, 4.69) is 20.8 Å². The van der Waals surface area contributed by atoms with Crippen LogP contribution in [0.2, 0.25) is 0 Å². The van der Waals surface area contributed by atoms with Crippen molar-refractivity contribution in [2.75, 3.05) is 7.11 Å². The Morgan fingerprint density at radius 3 is 0.862 bits per heavy atom. The molecule has 0 N–H and O–H groups in total. The molecule has 170 valence electrons. The topological polar surface area (TPSA) is 9.23 Å². The fraction of sp³-hybridized carbons (Fsp3) is 1.00. The summed E-state index contributed by atoms with van der Waals surface area (Å²) in [6, 6.07) is 0. The molecule has 0 atom stereocenters. The van der Waals surface area contributed by atoms with Crippen LogP contribution in [0.4, 0.5) is 0 Å². The van der Waals surface area contributed by atoms with Crippen molar-refractivity contribution in [2.24, 2.45) is 41.4 Å². The van der Waals surface area contributed by atoms with Gasteiger partial charge in [-0.3, -0.25) is 0 Å². The maximum absolute atomic E-state index is 5.44. The van der Waals surface area contributed by atoms with Crippen molar-refractivity contribution in [1.29, 1.82) is 0 Å². The molecule has 0 unspecified atom stereocenters. The second kappa shape index (κ2) is 12.1. The van der Waals surface area contributed by atoms with Crippen LogP contribution in [0.3, 0.4) is 0 Å². The molecule has 0 spiro atoms. The molecular weight excluding hydrogens is 352 g/mol. The Balaban J connectivity index is 0.000000166. The minimum absolute atomic E-state index is 0.573. The lowest BCUT2D eigenvalue weighted by Crippen LogP contribution is -2.27. The SMILES string of the molecule is CC1CCC(C2CCC(C)CC2)CC1.COC1CCC(C2CCC(C)CC2)CC1. The molecule has 0 aromatic heterocycles. The molecule has 4 rings (SSSR count). The first-order valence-corrected chi connectivity index (χ1v) is 13.6. The van der Waals surface area contributed by atoms with E-state index < -0.39 is 0 Å². The van der Waals surface area contributed by atoms with E-state index in [-0.39, 0.29) is 0 Å². The van der Waals surface area contributed by atoms with Crippen LogP contribution in [0.25, 0.3) is 0 Å². The smallest absolute Gasteiger partial charge is 0.0571 e. The number of hydrogen-bond donors (Lipinski definition) is 0. The predicted molar refractivity (Wildman–Crippen MR) is 126 cm³/mol. The molecule has 0 bridgehead atoms. The molecular formula is C28H52O. The van der Waals surface area contributed by atoms with E-state index in [1.165, 1.54) is 77.0 Å². The van der Waals surface area contributed by atoms with E-state index >= 15 is 0 Å². The van der Waals surface area contributed by atoms with E-state index in [1.807, 2.05) is 7.11 Å². The summed E-state index contributed by atoms with van der Waals surface area (Å²) in [5, 5.41) is 0. The monoisotopic (exact) mass is 404 g/mol. The maximum atomic E-state index is 5.44. The van der Waals surface area contributed by atoms with E-state index in [4.69, 9.17) is 4.74 Å². The average molecular weight is 405 g/mol. The van der Waals surface area contributed by atoms with Gasteiger partial charge in [0.15, 0.2) is 0 Å². The Hall–Kier alpha value is -0.0400. The van der Waals surface area contributed by atoms with Crippen molar-refractivity contribution in [1.82, 2.24) is 0 Å². The van der Waals surface area contributed by atoms with Crippen molar-refractivity contribution >= 4 is 0 Å². The summed E-state index contributed by atoms with van der Waals surface area (Å²) < 4.78 is 5.44. The summed E-state index contributed by atoms with van der Waals surface area (Å²) in [6.45, 7) is 7.27. The Labute approximate surface area is 183 Å². The lowest BCUT2D eigenvalue weighted by atomic mass is 9.70. The highest BCUT2D eigenvalue weighted by Crippen LogP contribution is 2.41. The summed E-state index contributed by atoms with van der Waals surface area (Å²) in [5.41, 5.74) is 0. The van der Waals surface area contributed by atoms with Gasteiger partial charge < -0.3 is 4.74 Å². The van der Waals surface area contributed by atoms with E-state index in [9.17, 15) is 0 Å². The molecule has 4 aliphatic carbocycles. The van der Waals surface area contributed by atoms with Crippen molar-refractivity contribution in [3.8, 4) is 0 Å². The Bertz CT molecular complexity index is 394. The molecule has 0 radical (unpaired) electrons. The fourth-order valence-electron chi connectivity index (χ4n) is 7.07. The van der Waals surface area contributed by atoms with Gasteiger partial charge in [0.2, 0.25) is 0 Å². The second-order valence-electron chi connectivity index (χ2n) is 11.8. The van der Waals surface area contributed by atoms with Gasteiger partial charge in [-0.1, -0.05) is 59.3 Å². The summed E-state index contributed by atoms with van der Waals surface area (Å²) in [6.07, 6.45) is 24.2. The van der Waals surface area contributed by atoms with Gasteiger partial charge in [0.05, 0.1) is 6.10 Å². The highest BCUT2D eigenvalue weighted by molar-refractivity contribution is 4.82. The van der Waals surface area contributed by atoms with Gasteiger partial charge in [-0.05, 0) is 106 Å². The molecule has 29 heavy (non-hydrogen) atoms. The minimum atomic E-state index is 0.573. The minimum Gasteiger partial charge on any atom is -0.381 e. The lowest BCUT2D eigenvalue weighted by molar-refractivity contribution is 0.0399. The highest BCUT2D eigenvalue weighted by Gasteiger charge is 2.30. The van der Waals surface area contributed by atoms with Crippen LogP contribution in [0.15, 0.2) is 0 Å². The average Bonchev–Trinajstić information content (AvgIpc) is 2.76. The quantitative estimate of drug-likeness (QED) is 0.457. The van der Waals surface area contributed by atoms with Crippen molar-refractivity contribution in [3.05, 3.63) is 0 Å². The molecule has 1 heteroatoms. The summed E-state index contributed by atoms with van der Waals surface area (Å²) in [4.78, 5) is 0. The van der Waals surface area contributed by atoms with Gasteiger partial charge in [0, 0.05) is 7.11 Å². The van der Waals surface area contributed by atoms with Crippen LogP contribution < -0.4 is 0 Å². The normalized spacial score (nSPS) is 43.9. The molecule has 0 heterocycles. The van der Waals surface area contributed by atoms with Crippen LogP contribution in [0, 0.1) is 41.4 Å². The lowest BCUT2D eigenvalue weighted by Gasteiger charge is -2.36. The Kier molecular flexibility index (Phi) is 9.87. The number of rotatable bonds is 3. The predicted octanol–water partition coefficient (Wildman–Crippen LogP) is 8.66. The van der Waals surface area contributed by atoms with E-state index in [1.54, 1.807) is 25.7 Å². The third-order valence-corrected chi connectivity index (χ3v) is 9.57.